The lowest BCUT2D eigenvalue weighted by molar-refractivity contribution is 0.304. The number of anilines is 1. The Balaban J connectivity index is 3.24. The van der Waals surface area contributed by atoms with Crippen LogP contribution in [0.2, 0.25) is 0 Å². The Morgan fingerprint density at radius 3 is 2.38 bits per heavy atom. The summed E-state index contributed by atoms with van der Waals surface area (Å²) in [5.41, 5.74) is 4.74. The van der Waals surface area contributed by atoms with Crippen molar-refractivity contribution in [3.8, 4) is 5.75 Å². The molecule has 0 aromatic heterocycles. The molecule has 0 heterocycles. The molecule has 0 aliphatic rings. The van der Waals surface area contributed by atoms with Gasteiger partial charge in [-0.05, 0) is 43.5 Å². The minimum atomic E-state index is 0.167. The summed E-state index contributed by atoms with van der Waals surface area (Å²) in [4.78, 5) is 2.08. The fourth-order valence-corrected chi connectivity index (χ4v) is 2.09. The quantitative estimate of drug-likeness (QED) is 0.848. The molecule has 0 unspecified atom stereocenters. The molecular formula is C13H21NO2. The number of nitrogens with zero attached hydrogens (tertiary/aromatic N) is 1. The standard InChI is InChI=1S/C13H21NO2/c1-9-8-12(16-5)10(2)11(3)13(9)14(4)6-7-15/h8,15H,6-7H2,1-5H3. The highest BCUT2D eigenvalue weighted by molar-refractivity contribution is 5.64. The normalized spacial score (nSPS) is 10.4. The maximum absolute atomic E-state index is 8.98. The maximum atomic E-state index is 8.98. The highest BCUT2D eigenvalue weighted by atomic mass is 16.5. The molecule has 1 N–H and O–H groups in total. The van der Waals surface area contributed by atoms with E-state index >= 15 is 0 Å². The van der Waals surface area contributed by atoms with Crippen LogP contribution in [0.3, 0.4) is 0 Å². The van der Waals surface area contributed by atoms with Gasteiger partial charge in [-0.3, -0.25) is 0 Å². The van der Waals surface area contributed by atoms with Gasteiger partial charge in [-0.15, -0.1) is 0 Å². The van der Waals surface area contributed by atoms with E-state index in [4.69, 9.17) is 9.84 Å². The van der Waals surface area contributed by atoms with Gasteiger partial charge in [0.1, 0.15) is 5.75 Å². The molecule has 3 heteroatoms. The second-order valence-electron chi connectivity index (χ2n) is 4.14. The summed E-state index contributed by atoms with van der Waals surface area (Å²) < 4.78 is 5.33. The number of benzene rings is 1. The average molecular weight is 223 g/mol. The maximum Gasteiger partial charge on any atom is 0.122 e. The summed E-state index contributed by atoms with van der Waals surface area (Å²) in [6, 6.07) is 2.05. The van der Waals surface area contributed by atoms with E-state index in [2.05, 4.69) is 25.7 Å². The Bertz CT molecular complexity index is 375. The Morgan fingerprint density at radius 2 is 1.88 bits per heavy atom. The van der Waals surface area contributed by atoms with Gasteiger partial charge in [-0.25, -0.2) is 0 Å². The van der Waals surface area contributed by atoms with E-state index in [1.807, 2.05) is 13.1 Å². The van der Waals surface area contributed by atoms with Gasteiger partial charge < -0.3 is 14.7 Å². The summed E-state index contributed by atoms with van der Waals surface area (Å²) in [6.07, 6.45) is 0. The molecule has 0 bridgehead atoms. The zero-order chi connectivity index (χ0) is 12.3. The molecule has 0 fully saturated rings. The molecule has 0 saturated heterocycles. The van der Waals surface area contributed by atoms with E-state index in [1.165, 1.54) is 16.8 Å². The zero-order valence-corrected chi connectivity index (χ0v) is 10.8. The van der Waals surface area contributed by atoms with Crippen molar-refractivity contribution in [1.29, 1.82) is 0 Å². The van der Waals surface area contributed by atoms with Gasteiger partial charge >= 0.3 is 0 Å². The van der Waals surface area contributed by atoms with Crippen LogP contribution in [-0.2, 0) is 0 Å². The van der Waals surface area contributed by atoms with Crippen LogP contribution >= 0.6 is 0 Å². The molecule has 90 valence electrons. The van der Waals surface area contributed by atoms with Gasteiger partial charge in [-0.1, -0.05) is 0 Å². The third-order valence-electron chi connectivity index (χ3n) is 3.05. The Kier molecular flexibility index (Phi) is 4.19. The number of aliphatic hydroxyl groups is 1. The lowest BCUT2D eigenvalue weighted by atomic mass is 10.0. The van der Waals surface area contributed by atoms with Crippen molar-refractivity contribution in [2.45, 2.75) is 20.8 Å². The monoisotopic (exact) mass is 223 g/mol. The van der Waals surface area contributed by atoms with Crippen LogP contribution in [-0.4, -0.2) is 32.4 Å². The number of ether oxygens (including phenoxy) is 1. The van der Waals surface area contributed by atoms with Crippen molar-refractivity contribution >= 4 is 5.69 Å². The molecule has 1 aromatic rings. The summed E-state index contributed by atoms with van der Waals surface area (Å²) in [7, 11) is 3.69. The van der Waals surface area contributed by atoms with Crippen molar-refractivity contribution in [2.75, 3.05) is 32.2 Å². The molecule has 0 aliphatic carbocycles. The van der Waals surface area contributed by atoms with Crippen molar-refractivity contribution in [1.82, 2.24) is 0 Å². The molecule has 1 rings (SSSR count). The van der Waals surface area contributed by atoms with E-state index < -0.39 is 0 Å². The van der Waals surface area contributed by atoms with Gasteiger partial charge in [0.05, 0.1) is 13.7 Å². The van der Waals surface area contributed by atoms with Crippen LogP contribution < -0.4 is 9.64 Å². The predicted molar refractivity (Wildman–Crippen MR) is 67.6 cm³/mol. The summed E-state index contributed by atoms with van der Waals surface area (Å²) in [5, 5.41) is 8.98. The van der Waals surface area contributed by atoms with E-state index in [1.54, 1.807) is 7.11 Å². The number of likely N-dealkylation sites (N-methyl/N-ethyl adjacent to an activating group) is 1. The van der Waals surface area contributed by atoms with Crippen molar-refractivity contribution in [3.63, 3.8) is 0 Å². The fraction of sp³-hybridized carbons (Fsp3) is 0.538. The Hall–Kier alpha value is -1.22. The van der Waals surface area contributed by atoms with Gasteiger partial charge in [0.15, 0.2) is 0 Å². The number of hydrogen-bond donors (Lipinski definition) is 1. The molecule has 16 heavy (non-hydrogen) atoms. The molecule has 0 saturated carbocycles. The first-order chi connectivity index (χ1) is 7.52. The van der Waals surface area contributed by atoms with Gasteiger partial charge in [0.25, 0.3) is 0 Å². The molecule has 0 atom stereocenters. The second kappa shape index (κ2) is 5.21. The van der Waals surface area contributed by atoms with E-state index in [0.717, 1.165) is 11.3 Å². The fourth-order valence-electron chi connectivity index (χ4n) is 2.09. The van der Waals surface area contributed by atoms with Crippen LogP contribution in [0.1, 0.15) is 16.7 Å². The van der Waals surface area contributed by atoms with Crippen LogP contribution in [0.5, 0.6) is 5.75 Å². The lowest BCUT2D eigenvalue weighted by Crippen LogP contribution is -2.23. The van der Waals surface area contributed by atoms with Crippen molar-refractivity contribution < 1.29 is 9.84 Å². The van der Waals surface area contributed by atoms with Gasteiger partial charge in [-0.2, -0.15) is 0 Å². The summed E-state index contributed by atoms with van der Waals surface area (Å²) in [5.74, 6) is 0.927. The van der Waals surface area contributed by atoms with E-state index in [9.17, 15) is 0 Å². The minimum absolute atomic E-state index is 0.167. The smallest absolute Gasteiger partial charge is 0.122 e. The number of rotatable bonds is 4. The van der Waals surface area contributed by atoms with Crippen LogP contribution in [0.25, 0.3) is 0 Å². The second-order valence-corrected chi connectivity index (χ2v) is 4.14. The molecular weight excluding hydrogens is 202 g/mol. The minimum Gasteiger partial charge on any atom is -0.496 e. The van der Waals surface area contributed by atoms with Crippen LogP contribution in [0, 0.1) is 20.8 Å². The molecule has 3 nitrogen and oxygen atoms in total. The first kappa shape index (κ1) is 12.8. The average Bonchev–Trinajstić information content (AvgIpc) is 2.24. The Morgan fingerprint density at radius 1 is 1.25 bits per heavy atom. The first-order valence-electron chi connectivity index (χ1n) is 5.49. The zero-order valence-electron chi connectivity index (χ0n) is 10.8. The Labute approximate surface area is 97.7 Å². The van der Waals surface area contributed by atoms with Crippen LogP contribution in [0.4, 0.5) is 5.69 Å². The SMILES string of the molecule is COc1cc(C)c(N(C)CCO)c(C)c1C. The lowest BCUT2D eigenvalue weighted by Gasteiger charge is -2.25. The molecule has 0 amide bonds. The number of aliphatic hydroxyl groups excluding tert-OH is 1. The van der Waals surface area contributed by atoms with E-state index in [0.29, 0.717) is 6.54 Å². The number of hydrogen-bond acceptors (Lipinski definition) is 3. The summed E-state index contributed by atoms with van der Waals surface area (Å²) in [6.45, 7) is 7.03. The van der Waals surface area contributed by atoms with Crippen LogP contribution in [0.15, 0.2) is 6.07 Å². The van der Waals surface area contributed by atoms with E-state index in [-0.39, 0.29) is 6.61 Å². The van der Waals surface area contributed by atoms with Gasteiger partial charge in [0.2, 0.25) is 0 Å². The molecule has 0 radical (unpaired) electrons. The molecule has 0 spiro atoms. The number of aryl methyl sites for hydroxylation is 1. The predicted octanol–water partition coefficient (Wildman–Crippen LogP) is 2.05. The number of methoxy groups -OCH3 is 1. The van der Waals surface area contributed by atoms with Crippen molar-refractivity contribution in [3.05, 3.63) is 22.8 Å². The first-order valence-corrected chi connectivity index (χ1v) is 5.49. The van der Waals surface area contributed by atoms with Gasteiger partial charge in [0, 0.05) is 19.3 Å². The third kappa shape index (κ3) is 2.30. The van der Waals surface area contributed by atoms with Crippen molar-refractivity contribution in [2.24, 2.45) is 0 Å². The largest absolute Gasteiger partial charge is 0.496 e. The summed E-state index contributed by atoms with van der Waals surface area (Å²) >= 11 is 0. The molecule has 1 aromatic carbocycles. The topological polar surface area (TPSA) is 32.7 Å². The highest BCUT2D eigenvalue weighted by Crippen LogP contribution is 2.32. The molecule has 0 aliphatic heterocycles. The highest BCUT2D eigenvalue weighted by Gasteiger charge is 2.13. The third-order valence-corrected chi connectivity index (χ3v) is 3.05.